The van der Waals surface area contributed by atoms with Crippen molar-refractivity contribution < 1.29 is 28.6 Å². The molecule has 1 unspecified atom stereocenters. The lowest BCUT2D eigenvalue weighted by Crippen LogP contribution is -2.37. The zero-order valence-electron chi connectivity index (χ0n) is 16.8. The molecule has 1 N–H and O–H groups in total. The summed E-state index contributed by atoms with van der Waals surface area (Å²) in [5.74, 6) is 0.123. The van der Waals surface area contributed by atoms with Crippen molar-refractivity contribution in [2.24, 2.45) is 0 Å². The van der Waals surface area contributed by atoms with Crippen LogP contribution < -0.4 is 14.8 Å². The van der Waals surface area contributed by atoms with Crippen LogP contribution in [0.2, 0.25) is 0 Å². The van der Waals surface area contributed by atoms with Gasteiger partial charge in [-0.2, -0.15) is 0 Å². The molecule has 154 valence electrons. The van der Waals surface area contributed by atoms with Gasteiger partial charge in [-0.25, -0.2) is 4.79 Å². The summed E-state index contributed by atoms with van der Waals surface area (Å²) in [5, 5.41) is 2.74. The van der Waals surface area contributed by atoms with Crippen molar-refractivity contribution in [3.05, 3.63) is 59.7 Å². The Kier molecular flexibility index (Phi) is 8.21. The van der Waals surface area contributed by atoms with E-state index in [0.717, 1.165) is 11.3 Å². The second-order valence-corrected chi connectivity index (χ2v) is 6.39. The highest BCUT2D eigenvalue weighted by Crippen LogP contribution is 2.13. The van der Waals surface area contributed by atoms with Gasteiger partial charge in [0.2, 0.25) is 0 Å². The van der Waals surface area contributed by atoms with Gasteiger partial charge in [0.1, 0.15) is 11.5 Å². The molecule has 7 heteroatoms. The number of rotatable bonds is 10. The van der Waals surface area contributed by atoms with E-state index in [2.05, 4.69) is 5.32 Å². The van der Waals surface area contributed by atoms with Crippen LogP contribution in [0.1, 0.15) is 29.8 Å². The molecule has 29 heavy (non-hydrogen) atoms. The highest BCUT2D eigenvalue weighted by Gasteiger charge is 2.17. The zero-order chi connectivity index (χ0) is 21.2. The molecule has 2 rings (SSSR count). The third-order valence-corrected chi connectivity index (χ3v) is 4.17. The summed E-state index contributed by atoms with van der Waals surface area (Å²) in [6, 6.07) is 14.0. The Morgan fingerprint density at radius 3 is 2.17 bits per heavy atom. The number of Topliss-reactive ketones (excluding diaryl/α,β-unsaturated/α-hetero) is 1. The first-order valence-electron chi connectivity index (χ1n) is 9.23. The topological polar surface area (TPSA) is 90.9 Å². The molecule has 2 aromatic carbocycles. The number of methoxy groups -OCH3 is 1. The molecule has 0 spiro atoms. The molecule has 2 aromatic rings. The lowest BCUT2D eigenvalue weighted by atomic mass is 10.1. The van der Waals surface area contributed by atoms with E-state index < -0.39 is 12.1 Å². The fraction of sp³-hybridized carbons (Fsp3) is 0.318. The van der Waals surface area contributed by atoms with Crippen LogP contribution >= 0.6 is 0 Å². The number of hydrogen-bond donors (Lipinski definition) is 1. The molecule has 0 bridgehead atoms. The lowest BCUT2D eigenvalue weighted by molar-refractivity contribution is -0.156. The Labute approximate surface area is 170 Å². The van der Waals surface area contributed by atoms with E-state index in [0.29, 0.717) is 24.3 Å². The van der Waals surface area contributed by atoms with Crippen molar-refractivity contribution >= 4 is 17.7 Å². The van der Waals surface area contributed by atoms with Crippen LogP contribution in [0.4, 0.5) is 0 Å². The molecule has 7 nitrogen and oxygen atoms in total. The van der Waals surface area contributed by atoms with Crippen molar-refractivity contribution in [3.8, 4) is 11.5 Å². The summed E-state index contributed by atoms with van der Waals surface area (Å²) in [6.45, 7) is 3.06. The van der Waals surface area contributed by atoms with E-state index in [1.807, 2.05) is 24.3 Å². The van der Waals surface area contributed by atoms with Crippen LogP contribution in [0, 0.1) is 0 Å². The van der Waals surface area contributed by atoms with Gasteiger partial charge in [0.25, 0.3) is 5.91 Å². The van der Waals surface area contributed by atoms with Crippen molar-refractivity contribution in [3.63, 3.8) is 0 Å². The molecule has 0 aliphatic heterocycles. The van der Waals surface area contributed by atoms with Crippen molar-refractivity contribution in [1.82, 2.24) is 5.32 Å². The quantitative estimate of drug-likeness (QED) is 0.488. The molecule has 1 atom stereocenters. The van der Waals surface area contributed by atoms with Gasteiger partial charge in [0, 0.05) is 12.1 Å². The third-order valence-electron chi connectivity index (χ3n) is 4.17. The number of hydrogen-bond acceptors (Lipinski definition) is 6. The normalized spacial score (nSPS) is 11.3. The minimum atomic E-state index is -0.929. The molecule has 1 amide bonds. The Morgan fingerprint density at radius 1 is 0.966 bits per heavy atom. The molecule has 0 aromatic heterocycles. The van der Waals surface area contributed by atoms with Crippen LogP contribution in [0.3, 0.4) is 0 Å². The average Bonchev–Trinajstić information content (AvgIpc) is 2.72. The van der Waals surface area contributed by atoms with Crippen LogP contribution in [-0.4, -0.2) is 44.0 Å². The number of carbonyl (C=O) groups is 3. The average molecular weight is 399 g/mol. The number of ether oxygens (including phenoxy) is 3. The van der Waals surface area contributed by atoms with E-state index in [-0.39, 0.29) is 18.3 Å². The highest BCUT2D eigenvalue weighted by molar-refractivity contribution is 5.94. The van der Waals surface area contributed by atoms with Gasteiger partial charge in [0.05, 0.1) is 7.11 Å². The standard InChI is InChI=1S/C22H25NO6/c1-15(24)18-6-10-20(11-7-18)28-14-21(25)29-16(2)22(26)23-13-12-17-4-8-19(27-3)9-5-17/h4-11,16H,12-14H2,1-3H3,(H,23,26). The first kappa shape index (κ1) is 21.9. The number of carbonyl (C=O) groups excluding carboxylic acids is 3. The van der Waals surface area contributed by atoms with Crippen LogP contribution in [0.5, 0.6) is 11.5 Å². The summed E-state index contributed by atoms with van der Waals surface area (Å²) in [7, 11) is 1.60. The molecular weight excluding hydrogens is 374 g/mol. The van der Waals surface area contributed by atoms with E-state index in [1.165, 1.54) is 13.8 Å². The predicted molar refractivity (Wildman–Crippen MR) is 107 cm³/mol. The molecule has 0 heterocycles. The fourth-order valence-corrected chi connectivity index (χ4v) is 2.48. The van der Waals surface area contributed by atoms with Gasteiger partial charge in [-0.1, -0.05) is 12.1 Å². The number of esters is 1. The second kappa shape index (κ2) is 10.8. The van der Waals surface area contributed by atoms with Crippen LogP contribution in [-0.2, 0) is 20.7 Å². The van der Waals surface area contributed by atoms with Crippen molar-refractivity contribution in [2.45, 2.75) is 26.4 Å². The van der Waals surface area contributed by atoms with Crippen LogP contribution in [0.25, 0.3) is 0 Å². The van der Waals surface area contributed by atoms with Gasteiger partial charge in [0.15, 0.2) is 18.5 Å². The maximum atomic E-state index is 12.1. The minimum Gasteiger partial charge on any atom is -0.497 e. The maximum absolute atomic E-state index is 12.1. The van der Waals surface area contributed by atoms with Gasteiger partial charge in [-0.05, 0) is 62.2 Å². The van der Waals surface area contributed by atoms with Crippen molar-refractivity contribution in [1.29, 1.82) is 0 Å². The van der Waals surface area contributed by atoms with Gasteiger partial charge >= 0.3 is 5.97 Å². The van der Waals surface area contributed by atoms with Gasteiger partial charge < -0.3 is 19.5 Å². The third kappa shape index (κ3) is 7.29. The Morgan fingerprint density at radius 2 is 1.59 bits per heavy atom. The maximum Gasteiger partial charge on any atom is 0.344 e. The number of nitrogens with one attached hydrogen (secondary N) is 1. The second-order valence-electron chi connectivity index (χ2n) is 6.39. The molecule has 0 aliphatic rings. The zero-order valence-corrected chi connectivity index (χ0v) is 16.8. The highest BCUT2D eigenvalue weighted by atomic mass is 16.6. The van der Waals surface area contributed by atoms with E-state index in [9.17, 15) is 14.4 Å². The largest absolute Gasteiger partial charge is 0.497 e. The number of ketones is 1. The van der Waals surface area contributed by atoms with Gasteiger partial charge in [-0.3, -0.25) is 9.59 Å². The lowest BCUT2D eigenvalue weighted by Gasteiger charge is -2.14. The fourth-order valence-electron chi connectivity index (χ4n) is 2.48. The molecule has 0 radical (unpaired) electrons. The monoisotopic (exact) mass is 399 g/mol. The summed E-state index contributed by atoms with van der Waals surface area (Å²) in [5.41, 5.74) is 1.61. The van der Waals surface area contributed by atoms with E-state index >= 15 is 0 Å². The molecule has 0 saturated heterocycles. The first-order valence-corrected chi connectivity index (χ1v) is 9.23. The molecular formula is C22H25NO6. The smallest absolute Gasteiger partial charge is 0.344 e. The summed E-state index contributed by atoms with van der Waals surface area (Å²) < 4.78 is 15.5. The molecule has 0 saturated carbocycles. The van der Waals surface area contributed by atoms with Crippen molar-refractivity contribution in [2.75, 3.05) is 20.3 Å². The van der Waals surface area contributed by atoms with Crippen LogP contribution in [0.15, 0.2) is 48.5 Å². The van der Waals surface area contributed by atoms with Gasteiger partial charge in [-0.15, -0.1) is 0 Å². The predicted octanol–water partition coefficient (Wildman–Crippen LogP) is 2.57. The number of benzene rings is 2. The Bertz CT molecular complexity index is 829. The Balaban J connectivity index is 1.69. The SMILES string of the molecule is COc1ccc(CCNC(=O)C(C)OC(=O)COc2ccc(C(C)=O)cc2)cc1. The first-order chi connectivity index (χ1) is 13.9. The summed E-state index contributed by atoms with van der Waals surface area (Å²) >= 11 is 0. The molecule has 0 aliphatic carbocycles. The Hall–Kier alpha value is -3.35. The summed E-state index contributed by atoms with van der Waals surface area (Å²) in [4.78, 5) is 35.2. The van der Waals surface area contributed by atoms with E-state index in [1.54, 1.807) is 31.4 Å². The number of amides is 1. The minimum absolute atomic E-state index is 0.0530. The summed E-state index contributed by atoms with van der Waals surface area (Å²) in [6.07, 6.45) is -0.280. The van der Waals surface area contributed by atoms with E-state index in [4.69, 9.17) is 14.2 Å². The molecule has 0 fully saturated rings.